The van der Waals surface area contributed by atoms with Crippen molar-refractivity contribution in [1.82, 2.24) is 10.2 Å². The van der Waals surface area contributed by atoms with Gasteiger partial charge in [-0.05, 0) is 36.6 Å². The molecule has 146 valence electrons. The molecule has 2 aliphatic rings. The van der Waals surface area contributed by atoms with E-state index in [-0.39, 0.29) is 17.9 Å². The zero-order valence-corrected chi connectivity index (χ0v) is 15.9. The van der Waals surface area contributed by atoms with Crippen LogP contribution >= 0.6 is 0 Å². The van der Waals surface area contributed by atoms with E-state index in [2.05, 4.69) is 5.32 Å². The predicted molar refractivity (Wildman–Crippen MR) is 104 cm³/mol. The lowest BCUT2D eigenvalue weighted by Crippen LogP contribution is -2.48. The predicted octanol–water partition coefficient (Wildman–Crippen LogP) is 2.65. The van der Waals surface area contributed by atoms with E-state index in [1.54, 1.807) is 6.07 Å². The van der Waals surface area contributed by atoms with Crippen LogP contribution in [0.2, 0.25) is 0 Å². The molecule has 2 aromatic carbocycles. The van der Waals surface area contributed by atoms with Crippen molar-refractivity contribution < 1.29 is 19.1 Å². The molecule has 0 unspecified atom stereocenters. The molecular formula is C22H24N2O4. The first-order chi connectivity index (χ1) is 13.6. The van der Waals surface area contributed by atoms with Gasteiger partial charge in [0.2, 0.25) is 12.0 Å². The Labute approximate surface area is 164 Å². The fraction of sp³-hybridized carbons (Fsp3) is 0.364. The molecule has 0 aromatic heterocycles. The highest BCUT2D eigenvalue weighted by Crippen LogP contribution is 2.33. The van der Waals surface area contributed by atoms with Crippen LogP contribution < -0.4 is 14.8 Å². The molecule has 2 aromatic rings. The molecule has 0 spiro atoms. The van der Waals surface area contributed by atoms with Gasteiger partial charge in [-0.25, -0.2) is 0 Å². The smallest absolute Gasteiger partial charge is 0.265 e. The van der Waals surface area contributed by atoms with E-state index in [1.165, 1.54) is 0 Å². The van der Waals surface area contributed by atoms with E-state index in [9.17, 15) is 9.59 Å². The Morgan fingerprint density at radius 2 is 1.75 bits per heavy atom. The van der Waals surface area contributed by atoms with Crippen LogP contribution in [0.5, 0.6) is 11.5 Å². The van der Waals surface area contributed by atoms with Crippen molar-refractivity contribution in [2.45, 2.75) is 45.1 Å². The molecule has 2 atom stereocenters. The lowest BCUT2D eigenvalue weighted by molar-refractivity contribution is -0.133. The first kappa shape index (κ1) is 18.3. The van der Waals surface area contributed by atoms with E-state index in [4.69, 9.17) is 9.47 Å². The Kier molecular flexibility index (Phi) is 5.19. The van der Waals surface area contributed by atoms with E-state index in [1.807, 2.05) is 54.3 Å². The number of fused-ring (bicyclic) bond motifs is 1. The lowest BCUT2D eigenvalue weighted by atomic mass is 10.1. The number of benzene rings is 2. The van der Waals surface area contributed by atoms with Gasteiger partial charge in [0.15, 0.2) is 11.5 Å². The Balaban J connectivity index is 1.31. The van der Waals surface area contributed by atoms with Crippen LogP contribution in [0.1, 0.15) is 30.9 Å². The molecule has 0 radical (unpaired) electrons. The normalized spacial score (nSPS) is 20.9. The largest absolute Gasteiger partial charge is 0.482 e. The monoisotopic (exact) mass is 380 g/mol. The number of carbonyl (C=O) groups excluding carboxylic acids is 2. The Morgan fingerprint density at radius 3 is 2.43 bits per heavy atom. The number of hydrogen-bond donors (Lipinski definition) is 1. The summed E-state index contributed by atoms with van der Waals surface area (Å²) in [6, 6.07) is 15.3. The molecule has 0 saturated carbocycles. The zero-order chi connectivity index (χ0) is 19.5. The van der Waals surface area contributed by atoms with Crippen molar-refractivity contribution in [2.24, 2.45) is 0 Å². The van der Waals surface area contributed by atoms with Gasteiger partial charge >= 0.3 is 0 Å². The van der Waals surface area contributed by atoms with Crippen molar-refractivity contribution in [1.29, 1.82) is 0 Å². The minimum Gasteiger partial charge on any atom is -0.482 e. The number of carbonyl (C=O) groups is 2. The summed E-state index contributed by atoms with van der Waals surface area (Å²) < 4.78 is 11.6. The number of nitrogens with zero attached hydrogens (tertiary/aromatic N) is 1. The lowest BCUT2D eigenvalue weighted by Gasteiger charge is -2.31. The minimum absolute atomic E-state index is 0.200. The second-order valence-electron chi connectivity index (χ2n) is 7.26. The number of ether oxygens (including phenoxy) is 2. The van der Waals surface area contributed by atoms with Gasteiger partial charge in [-0.2, -0.15) is 0 Å². The molecule has 2 aliphatic heterocycles. The Hall–Kier alpha value is -3.02. The maximum absolute atomic E-state index is 12.6. The number of likely N-dealkylation sites (tertiary alicyclic amines) is 1. The third kappa shape index (κ3) is 3.96. The first-order valence-corrected chi connectivity index (χ1v) is 9.66. The van der Waals surface area contributed by atoms with Gasteiger partial charge in [0, 0.05) is 26.1 Å². The van der Waals surface area contributed by atoms with Crippen molar-refractivity contribution in [3.63, 3.8) is 0 Å². The van der Waals surface area contributed by atoms with E-state index in [0.29, 0.717) is 31.0 Å². The second kappa shape index (κ2) is 7.92. The average molecular weight is 380 g/mol. The highest BCUT2D eigenvalue weighted by molar-refractivity contribution is 5.82. The molecule has 2 amide bonds. The van der Waals surface area contributed by atoms with E-state index >= 15 is 0 Å². The maximum Gasteiger partial charge on any atom is 0.265 e. The molecule has 28 heavy (non-hydrogen) atoms. The van der Waals surface area contributed by atoms with Crippen LogP contribution in [-0.2, 0) is 22.7 Å². The molecule has 6 heteroatoms. The fourth-order valence-corrected chi connectivity index (χ4v) is 3.55. The summed E-state index contributed by atoms with van der Waals surface area (Å²) in [4.78, 5) is 26.2. The summed E-state index contributed by atoms with van der Waals surface area (Å²) in [7, 11) is 0. The summed E-state index contributed by atoms with van der Waals surface area (Å²) in [6.07, 6.45) is 0.546. The number of rotatable bonds is 5. The Morgan fingerprint density at radius 1 is 1.07 bits per heavy atom. The van der Waals surface area contributed by atoms with Crippen molar-refractivity contribution in [3.05, 3.63) is 59.7 Å². The standard InChI is InChI=1S/C22H24N2O4/c1-15-21(28-19-6-3-2-5-18(19)27-15)22(26)23-13-16-8-10-17(11-9-16)14-24-12-4-7-20(24)25/h2-3,5-6,8-11,15,21H,4,7,12-14H2,1H3,(H,23,26)/t15-,21+/m0/s1. The fourth-order valence-electron chi connectivity index (χ4n) is 3.55. The van der Waals surface area contributed by atoms with E-state index < -0.39 is 6.10 Å². The van der Waals surface area contributed by atoms with Gasteiger partial charge in [-0.1, -0.05) is 36.4 Å². The van der Waals surface area contributed by atoms with Crippen LogP contribution in [0, 0.1) is 0 Å². The van der Waals surface area contributed by atoms with E-state index in [0.717, 1.165) is 24.1 Å². The average Bonchev–Trinajstić information content (AvgIpc) is 3.11. The van der Waals surface area contributed by atoms with Crippen molar-refractivity contribution in [3.8, 4) is 11.5 Å². The molecular weight excluding hydrogens is 356 g/mol. The van der Waals surface area contributed by atoms with Gasteiger partial charge in [0.1, 0.15) is 6.10 Å². The summed E-state index contributed by atoms with van der Waals surface area (Å²) >= 11 is 0. The molecule has 1 N–H and O–H groups in total. The van der Waals surface area contributed by atoms with Gasteiger partial charge in [0.25, 0.3) is 5.91 Å². The van der Waals surface area contributed by atoms with Crippen molar-refractivity contribution in [2.75, 3.05) is 6.54 Å². The summed E-state index contributed by atoms with van der Waals surface area (Å²) in [5.41, 5.74) is 2.09. The quantitative estimate of drug-likeness (QED) is 0.866. The van der Waals surface area contributed by atoms with Crippen LogP contribution in [0.15, 0.2) is 48.5 Å². The minimum atomic E-state index is -0.685. The van der Waals surface area contributed by atoms with Gasteiger partial charge in [-0.15, -0.1) is 0 Å². The molecule has 4 rings (SSSR count). The molecule has 2 heterocycles. The van der Waals surface area contributed by atoms with Crippen LogP contribution in [0.3, 0.4) is 0 Å². The second-order valence-corrected chi connectivity index (χ2v) is 7.26. The number of para-hydroxylation sites is 2. The topological polar surface area (TPSA) is 67.9 Å². The van der Waals surface area contributed by atoms with Crippen LogP contribution in [-0.4, -0.2) is 35.5 Å². The summed E-state index contributed by atoms with van der Waals surface area (Å²) in [6.45, 7) is 3.72. The first-order valence-electron chi connectivity index (χ1n) is 9.66. The highest BCUT2D eigenvalue weighted by Gasteiger charge is 2.33. The van der Waals surface area contributed by atoms with Crippen LogP contribution in [0.25, 0.3) is 0 Å². The molecule has 6 nitrogen and oxygen atoms in total. The third-order valence-corrected chi connectivity index (χ3v) is 5.14. The third-order valence-electron chi connectivity index (χ3n) is 5.14. The maximum atomic E-state index is 12.6. The number of hydrogen-bond acceptors (Lipinski definition) is 4. The van der Waals surface area contributed by atoms with Crippen LogP contribution in [0.4, 0.5) is 0 Å². The molecule has 1 fully saturated rings. The Bertz CT molecular complexity index is 865. The van der Waals surface area contributed by atoms with Gasteiger partial charge in [-0.3, -0.25) is 9.59 Å². The highest BCUT2D eigenvalue weighted by atomic mass is 16.6. The SMILES string of the molecule is C[C@@H]1Oc2ccccc2O[C@H]1C(=O)NCc1ccc(CN2CCCC2=O)cc1. The molecule has 0 aliphatic carbocycles. The van der Waals surface area contributed by atoms with Gasteiger partial charge in [0.05, 0.1) is 0 Å². The molecule has 0 bridgehead atoms. The number of amides is 2. The van der Waals surface area contributed by atoms with Gasteiger partial charge < -0.3 is 19.7 Å². The molecule has 1 saturated heterocycles. The summed E-state index contributed by atoms with van der Waals surface area (Å²) in [5.74, 6) is 1.27. The van der Waals surface area contributed by atoms with Crippen molar-refractivity contribution >= 4 is 11.8 Å². The number of nitrogens with one attached hydrogen (secondary N) is 1. The summed E-state index contributed by atoms with van der Waals surface area (Å²) in [5, 5.41) is 2.92. The zero-order valence-electron chi connectivity index (χ0n) is 15.9.